The number of hydrogen-bond donors (Lipinski definition) is 31. The van der Waals surface area contributed by atoms with Crippen LogP contribution in [-0.2, 0) is 119 Å². The van der Waals surface area contributed by atoms with Crippen LogP contribution < -0.4 is 21.3 Å². The van der Waals surface area contributed by atoms with Crippen molar-refractivity contribution in [2.45, 2.75) is 354 Å². The Kier molecular flexibility index (Phi) is 38.5. The van der Waals surface area contributed by atoms with Crippen molar-refractivity contribution in [3.63, 3.8) is 0 Å². The summed E-state index contributed by atoms with van der Waals surface area (Å²) in [7, 11) is 0. The first-order valence-corrected chi connectivity index (χ1v) is 41.4. The summed E-state index contributed by atoms with van der Waals surface area (Å²) in [5.74, 6) is -7.27. The summed E-state index contributed by atoms with van der Waals surface area (Å²) in [5.41, 5.74) is 0. The Labute approximate surface area is 732 Å². The summed E-state index contributed by atoms with van der Waals surface area (Å²) in [5, 5.41) is 313. The molecule has 746 valence electrons. The number of aliphatic hydroxyl groups is 27. The lowest BCUT2D eigenvalue weighted by Crippen LogP contribution is -2.71. The fourth-order valence-electron chi connectivity index (χ4n) is 16.9. The number of carbonyl (C=O) groups excluding carboxylic acids is 5. The average molecular weight is 1890 g/mol. The number of aliphatic hydroxyl groups excluding tert-OH is 27. The molecule has 0 aromatic rings. The van der Waals surface area contributed by atoms with Crippen LogP contribution in [-0.4, -0.2) is 540 Å². The zero-order chi connectivity index (χ0) is 95.1. The van der Waals surface area contributed by atoms with Crippen LogP contribution in [0.2, 0.25) is 0 Å². The maximum atomic E-state index is 13.2. The fraction of sp³-hybridized carbons (Fsp3) is 0.932. The van der Waals surface area contributed by atoms with Crippen molar-refractivity contribution >= 4 is 30.1 Å². The maximum Gasteiger partial charge on any atom is 0.332 e. The molecule has 10 aliphatic heterocycles. The van der Waals surface area contributed by atoms with Gasteiger partial charge in [0.2, 0.25) is 23.6 Å². The van der Waals surface area contributed by atoms with E-state index in [9.17, 15) is 162 Å². The summed E-state index contributed by atoms with van der Waals surface area (Å²) < 4.78 is 119. The van der Waals surface area contributed by atoms with E-state index in [0.717, 1.165) is 27.7 Å². The Morgan fingerprint density at radius 2 is 0.667 bits per heavy atom. The molecule has 0 aromatic heterocycles. The van der Waals surface area contributed by atoms with Crippen LogP contribution in [0.4, 0.5) is 0 Å². The molecule has 0 saturated carbocycles. The van der Waals surface area contributed by atoms with Crippen LogP contribution >= 0.6 is 0 Å². The van der Waals surface area contributed by atoms with Crippen LogP contribution in [0.3, 0.4) is 0 Å². The standard InChI is InChI=1S/C73H122N4O52/c1-19-25(91)7-73(112-18-86,129-57(19)40(93)26(92)8-78)111-17-35-44(97)51(104)55(108)69(121-35)124-60-32(14-84)119-67(39(49(60)102)77-24(6)90)128-64-53(106)43(96)29(11-81)116-72(64)126-62-45(98)34(120-70(56(62)109)125-61-33(15-85)117-65(37(47(61)100)75-22(4)88)122-58-30(12-82)113-20(2)36(46(58)99)74-21(3)87)16-110-71-63(52(105)42(95)28(10-80)115-71)127-66-38(76-23(5)89)48(101)59(31(13-83)118-66)123-68-54(107)50(103)41(94)27(9-79)114-68/h18-20,25-72,78-85,91-109H,7-17H2,1-6H3,(H,74,87)(H,75,88)(H,76,89)(H,77,90)/t19-,20+,25-,26?,27?,28?,29?,30?,31+,32?,33?,34?,35?,36?,37?,38?,39?,40+,41+,42-,43-,44+,45-,46-,47-,48?,49-,50+,51+,52+,53?,54?,55?,56?,57?,58-,59-,60-,61-,62+,63?,64?,65+,66+,67+,68+,69+,70+,71+,72-,73+/m1/s1. The van der Waals surface area contributed by atoms with E-state index < -0.39 is 408 Å². The smallest absolute Gasteiger partial charge is 0.332 e. The zero-order valence-corrected chi connectivity index (χ0v) is 70.0. The number of amides is 4. The number of rotatable bonds is 36. The molecule has 0 aliphatic carbocycles. The predicted octanol–water partition coefficient (Wildman–Crippen LogP) is -20.6. The van der Waals surface area contributed by atoms with E-state index in [1.54, 1.807) is 0 Å². The van der Waals surface area contributed by atoms with Gasteiger partial charge in [-0.15, -0.1) is 0 Å². The molecular formula is C73H122N4O52. The van der Waals surface area contributed by atoms with Gasteiger partial charge in [0.25, 0.3) is 6.47 Å². The van der Waals surface area contributed by atoms with Crippen LogP contribution in [0.1, 0.15) is 48.0 Å². The quantitative estimate of drug-likeness (QED) is 0.0205. The van der Waals surface area contributed by atoms with Crippen LogP contribution in [0.5, 0.6) is 0 Å². The van der Waals surface area contributed by atoms with Gasteiger partial charge in [0.05, 0.1) is 96.8 Å². The van der Waals surface area contributed by atoms with E-state index in [1.807, 2.05) is 0 Å². The van der Waals surface area contributed by atoms with Gasteiger partial charge in [0.15, 0.2) is 50.3 Å². The van der Waals surface area contributed by atoms with Crippen molar-refractivity contribution in [2.75, 3.05) is 66.1 Å². The van der Waals surface area contributed by atoms with E-state index in [-0.39, 0.29) is 6.47 Å². The highest BCUT2D eigenvalue weighted by molar-refractivity contribution is 5.74. The lowest BCUT2D eigenvalue weighted by Gasteiger charge is -2.51. The first kappa shape index (κ1) is 107. The molecule has 10 saturated heterocycles. The molecule has 10 rings (SSSR count). The summed E-state index contributed by atoms with van der Waals surface area (Å²) in [6.45, 7) is -4.53. The van der Waals surface area contributed by atoms with Crippen LogP contribution in [0.25, 0.3) is 0 Å². The second-order valence-electron chi connectivity index (χ2n) is 33.0. The van der Waals surface area contributed by atoms with Gasteiger partial charge >= 0.3 is 5.97 Å². The third-order valence-corrected chi connectivity index (χ3v) is 24.0. The molecule has 10 fully saturated rings. The van der Waals surface area contributed by atoms with Crippen molar-refractivity contribution in [2.24, 2.45) is 5.92 Å². The van der Waals surface area contributed by atoms with E-state index in [4.69, 9.17) is 94.7 Å². The van der Waals surface area contributed by atoms with Gasteiger partial charge in [-0.2, -0.15) is 0 Å². The molecule has 0 spiro atoms. The molecule has 51 atom stereocenters. The summed E-state index contributed by atoms with van der Waals surface area (Å²) in [6.07, 6.45) is -94.0. The minimum Gasteiger partial charge on any atom is -0.410 e. The van der Waals surface area contributed by atoms with Crippen molar-refractivity contribution in [1.29, 1.82) is 0 Å². The third kappa shape index (κ3) is 23.9. The van der Waals surface area contributed by atoms with Gasteiger partial charge in [-0.1, -0.05) is 6.92 Å². The van der Waals surface area contributed by atoms with E-state index >= 15 is 0 Å². The van der Waals surface area contributed by atoms with E-state index in [2.05, 4.69) is 21.3 Å². The highest BCUT2D eigenvalue weighted by Crippen LogP contribution is 2.43. The molecule has 0 bridgehead atoms. The number of carbonyl (C=O) groups is 5. The molecule has 10 heterocycles. The second-order valence-corrected chi connectivity index (χ2v) is 33.0. The molecule has 56 heteroatoms. The lowest BCUT2D eigenvalue weighted by molar-refractivity contribution is -0.424. The van der Waals surface area contributed by atoms with Gasteiger partial charge in [-0.3, -0.25) is 24.0 Å². The Bertz CT molecular complexity index is 3520. The summed E-state index contributed by atoms with van der Waals surface area (Å²) in [4.78, 5) is 63.5. The first-order chi connectivity index (χ1) is 61.0. The first-order valence-electron chi connectivity index (χ1n) is 41.4. The van der Waals surface area contributed by atoms with Crippen LogP contribution in [0, 0.1) is 5.92 Å². The predicted molar refractivity (Wildman–Crippen MR) is 399 cm³/mol. The molecule has 4 amide bonds. The topological polar surface area (TPSA) is 864 Å². The van der Waals surface area contributed by atoms with Crippen LogP contribution in [0.15, 0.2) is 0 Å². The SMILES string of the molecule is CC(=O)NC1C(O)[C@H](O[C@@H]2OC(CO)[C@H](O)[C@H](O)C2O)[C@H](CO)O[C@H]1OC1[C@@H](OCC2O[C@@H](O[C@@H]3C(CO)O[C@@H](O[C@@H]4C(CO)O[C@@H](C)C(NC(C)=O)[C@H]4O)C(NC(C)=O)[C@H]3O)C(O)[C@@H](O[C@H]3OC(CO)[C@@H](O)C(O)C3O[C@@H]3OC(CO)[C@@H](O[C@@H]4OC(CO[C@]5(OC=O)C[C@@H](O)[C@@H](C)C([C@@H](O)C(O)CO)O5)[C@H](O)[C@H](O)C4O)[C@H](O)C3NC(C)=O)[C@@H]2O)OC(CO)[C@@H](O)[C@@H]1O. The largest absolute Gasteiger partial charge is 0.410 e. The molecule has 0 radical (unpaired) electrons. The van der Waals surface area contributed by atoms with E-state index in [0.29, 0.717) is 0 Å². The summed E-state index contributed by atoms with van der Waals surface area (Å²) in [6, 6.07) is -7.14. The second kappa shape index (κ2) is 46.6. The Morgan fingerprint density at radius 1 is 0.349 bits per heavy atom. The molecule has 31 N–H and O–H groups in total. The van der Waals surface area contributed by atoms with Gasteiger partial charge in [0.1, 0.15) is 226 Å². The van der Waals surface area contributed by atoms with Crippen molar-refractivity contribution < 1.29 is 257 Å². The average Bonchev–Trinajstić information content (AvgIpc) is 0.771. The number of nitrogens with one attached hydrogen (secondary N) is 4. The monoisotopic (exact) mass is 1890 g/mol. The van der Waals surface area contributed by atoms with Crippen molar-refractivity contribution in [3.8, 4) is 0 Å². The van der Waals surface area contributed by atoms with Crippen molar-refractivity contribution in [3.05, 3.63) is 0 Å². The van der Waals surface area contributed by atoms with Gasteiger partial charge in [0, 0.05) is 33.6 Å². The molecule has 129 heavy (non-hydrogen) atoms. The Morgan fingerprint density at radius 3 is 1.07 bits per heavy atom. The van der Waals surface area contributed by atoms with Crippen molar-refractivity contribution in [1.82, 2.24) is 21.3 Å². The summed E-state index contributed by atoms with van der Waals surface area (Å²) >= 11 is 0. The molecule has 56 nitrogen and oxygen atoms in total. The number of hydrogen-bond acceptors (Lipinski definition) is 52. The normalized spacial score (nSPS) is 48.1. The molecule has 0 aromatic carbocycles. The minimum atomic E-state index is -2.67. The Hall–Kier alpha value is -4.49. The van der Waals surface area contributed by atoms with Gasteiger partial charge in [-0.05, 0) is 6.92 Å². The van der Waals surface area contributed by atoms with Gasteiger partial charge in [-0.25, -0.2) is 0 Å². The fourth-order valence-corrected chi connectivity index (χ4v) is 16.9. The molecule has 10 aliphatic rings. The highest BCUT2D eigenvalue weighted by atomic mass is 16.9. The third-order valence-electron chi connectivity index (χ3n) is 24.0. The maximum absolute atomic E-state index is 13.2. The zero-order valence-electron chi connectivity index (χ0n) is 70.0. The molecular weight excluding hydrogens is 1760 g/mol. The lowest BCUT2D eigenvalue weighted by atomic mass is 9.87. The minimum absolute atomic E-state index is 0.197. The Balaban J connectivity index is 0.960. The van der Waals surface area contributed by atoms with Gasteiger partial charge < -0.3 is 254 Å². The molecule has 21 unspecified atom stereocenters. The number of ether oxygens (including phenoxy) is 20. The highest BCUT2D eigenvalue weighted by Gasteiger charge is 2.62. The van der Waals surface area contributed by atoms with E-state index in [1.165, 1.54) is 13.8 Å².